The van der Waals surface area contributed by atoms with Crippen LogP contribution in [-0.4, -0.2) is 24.6 Å². The van der Waals surface area contributed by atoms with Crippen LogP contribution in [0.2, 0.25) is 0 Å². The average molecular weight is 299 g/mol. The molecular weight excluding hydrogens is 281 g/mol. The summed E-state index contributed by atoms with van der Waals surface area (Å²) in [5.41, 5.74) is -0.898. The van der Waals surface area contributed by atoms with Gasteiger partial charge in [-0.3, -0.25) is 10.1 Å². The molecule has 0 bridgehead atoms. The van der Waals surface area contributed by atoms with Gasteiger partial charge in [0.1, 0.15) is 5.82 Å². The summed E-state index contributed by atoms with van der Waals surface area (Å²) in [4.78, 5) is 21.6. The fourth-order valence-corrected chi connectivity index (χ4v) is 1.88. The van der Waals surface area contributed by atoms with E-state index in [2.05, 4.69) is 4.74 Å². The Bertz CT molecular complexity index is 532. The number of rotatable bonds is 7. The predicted octanol–water partition coefficient (Wildman–Crippen LogP) is 3.34. The van der Waals surface area contributed by atoms with Gasteiger partial charge in [0.15, 0.2) is 5.75 Å². The molecule has 0 aliphatic carbocycles. The van der Waals surface area contributed by atoms with Gasteiger partial charge in [-0.15, -0.1) is 0 Å². The number of nitro groups is 1. The summed E-state index contributed by atoms with van der Waals surface area (Å²) in [5.74, 6) is -1.86. The highest BCUT2D eigenvalue weighted by molar-refractivity contribution is 5.90. The number of carbonyl (C=O) groups is 1. The van der Waals surface area contributed by atoms with Crippen molar-refractivity contribution in [3.8, 4) is 5.75 Å². The van der Waals surface area contributed by atoms with Crippen LogP contribution in [0.25, 0.3) is 0 Å². The monoisotopic (exact) mass is 299 g/mol. The lowest BCUT2D eigenvalue weighted by Crippen LogP contribution is -2.11. The van der Waals surface area contributed by atoms with Gasteiger partial charge >= 0.3 is 11.7 Å². The summed E-state index contributed by atoms with van der Waals surface area (Å²) in [6, 6.07) is 1.68. The number of ether oxygens (including phenoxy) is 2. The summed E-state index contributed by atoms with van der Waals surface area (Å²) >= 11 is 0. The van der Waals surface area contributed by atoms with Gasteiger partial charge in [-0.1, -0.05) is 20.3 Å². The third-order valence-corrected chi connectivity index (χ3v) is 2.96. The minimum atomic E-state index is -1.01. The fraction of sp³-hybridized carbons (Fsp3) is 0.500. The van der Waals surface area contributed by atoms with Crippen LogP contribution in [0.5, 0.6) is 5.75 Å². The third kappa shape index (κ3) is 4.40. The Morgan fingerprint density at radius 1 is 1.48 bits per heavy atom. The first-order chi connectivity index (χ1) is 9.90. The first kappa shape index (κ1) is 16.9. The number of carbonyl (C=O) groups excluding carboxylic acids is 1. The highest BCUT2D eigenvalue weighted by Gasteiger charge is 2.23. The molecule has 6 nitrogen and oxygen atoms in total. The molecule has 1 rings (SSSR count). The molecule has 0 radical (unpaired) electrons. The summed E-state index contributed by atoms with van der Waals surface area (Å²) in [6.45, 7) is 4.22. The van der Waals surface area contributed by atoms with Crippen molar-refractivity contribution in [1.29, 1.82) is 0 Å². The SMILES string of the molecule is CCCC(C)COc1cc(C(=O)OC)c(F)cc1[N+](=O)[O-]. The van der Waals surface area contributed by atoms with E-state index in [1.165, 1.54) is 0 Å². The van der Waals surface area contributed by atoms with Crippen LogP contribution in [0.1, 0.15) is 37.0 Å². The van der Waals surface area contributed by atoms with Crippen LogP contribution in [0, 0.1) is 21.8 Å². The van der Waals surface area contributed by atoms with Crippen molar-refractivity contribution in [3.05, 3.63) is 33.6 Å². The maximum atomic E-state index is 13.7. The number of nitrogens with zero attached hydrogens (tertiary/aromatic N) is 1. The Morgan fingerprint density at radius 2 is 2.14 bits per heavy atom. The molecule has 1 unspecified atom stereocenters. The molecule has 1 aromatic carbocycles. The van der Waals surface area contributed by atoms with Crippen molar-refractivity contribution in [3.63, 3.8) is 0 Å². The van der Waals surface area contributed by atoms with Crippen molar-refractivity contribution in [2.45, 2.75) is 26.7 Å². The van der Waals surface area contributed by atoms with Gasteiger partial charge in [-0.2, -0.15) is 0 Å². The lowest BCUT2D eigenvalue weighted by molar-refractivity contribution is -0.386. The molecule has 0 spiro atoms. The first-order valence-corrected chi connectivity index (χ1v) is 6.59. The molecular formula is C14H18FNO5. The Morgan fingerprint density at radius 3 is 2.67 bits per heavy atom. The zero-order valence-corrected chi connectivity index (χ0v) is 12.2. The largest absolute Gasteiger partial charge is 0.487 e. The van der Waals surface area contributed by atoms with Crippen molar-refractivity contribution in [2.75, 3.05) is 13.7 Å². The minimum Gasteiger partial charge on any atom is -0.487 e. The third-order valence-electron chi connectivity index (χ3n) is 2.96. The number of hydrogen-bond donors (Lipinski definition) is 0. The van der Waals surface area contributed by atoms with Gasteiger partial charge in [0.2, 0.25) is 0 Å². The maximum absolute atomic E-state index is 13.7. The smallest absolute Gasteiger partial charge is 0.340 e. The second-order valence-corrected chi connectivity index (χ2v) is 4.75. The predicted molar refractivity (Wildman–Crippen MR) is 74.0 cm³/mol. The molecule has 0 heterocycles. The van der Waals surface area contributed by atoms with Crippen LogP contribution >= 0.6 is 0 Å². The van der Waals surface area contributed by atoms with Crippen molar-refractivity contribution < 1.29 is 23.6 Å². The zero-order chi connectivity index (χ0) is 16.0. The number of hydrogen-bond acceptors (Lipinski definition) is 5. The molecule has 116 valence electrons. The van der Waals surface area contributed by atoms with E-state index in [4.69, 9.17) is 4.74 Å². The molecule has 1 atom stereocenters. The molecule has 0 fully saturated rings. The topological polar surface area (TPSA) is 78.7 Å². The summed E-state index contributed by atoms with van der Waals surface area (Å²) in [7, 11) is 1.10. The van der Waals surface area contributed by atoms with Gasteiger partial charge < -0.3 is 9.47 Å². The molecule has 21 heavy (non-hydrogen) atoms. The first-order valence-electron chi connectivity index (χ1n) is 6.59. The minimum absolute atomic E-state index is 0.134. The van der Waals surface area contributed by atoms with Gasteiger partial charge in [-0.25, -0.2) is 9.18 Å². The molecule has 0 aliphatic rings. The van der Waals surface area contributed by atoms with Crippen molar-refractivity contribution in [1.82, 2.24) is 0 Å². The molecule has 7 heteroatoms. The van der Waals surface area contributed by atoms with E-state index in [0.717, 1.165) is 26.0 Å². The molecule has 0 N–H and O–H groups in total. The number of halogens is 1. The van der Waals surface area contributed by atoms with E-state index >= 15 is 0 Å². The molecule has 0 saturated carbocycles. The van der Waals surface area contributed by atoms with E-state index in [1.807, 2.05) is 13.8 Å². The number of methoxy groups -OCH3 is 1. The number of esters is 1. The Labute approximate surface area is 122 Å². The number of benzene rings is 1. The van der Waals surface area contributed by atoms with Crippen LogP contribution in [0.15, 0.2) is 12.1 Å². The van der Waals surface area contributed by atoms with Crippen LogP contribution in [0.3, 0.4) is 0 Å². The lowest BCUT2D eigenvalue weighted by Gasteiger charge is -2.13. The van der Waals surface area contributed by atoms with Crippen LogP contribution < -0.4 is 4.74 Å². The van der Waals surface area contributed by atoms with Crippen LogP contribution in [0.4, 0.5) is 10.1 Å². The van der Waals surface area contributed by atoms with E-state index in [9.17, 15) is 19.3 Å². The molecule has 0 saturated heterocycles. The highest BCUT2D eigenvalue weighted by Crippen LogP contribution is 2.31. The molecule has 0 aliphatic heterocycles. The normalized spacial score (nSPS) is 11.8. The fourth-order valence-electron chi connectivity index (χ4n) is 1.88. The number of nitro benzene ring substituents is 1. The van der Waals surface area contributed by atoms with Crippen LogP contribution in [-0.2, 0) is 4.74 Å². The van der Waals surface area contributed by atoms with E-state index in [-0.39, 0.29) is 23.8 Å². The highest BCUT2D eigenvalue weighted by atomic mass is 19.1. The second kappa shape index (κ2) is 7.56. The van der Waals surface area contributed by atoms with E-state index < -0.39 is 22.4 Å². The van der Waals surface area contributed by atoms with Crippen molar-refractivity contribution in [2.24, 2.45) is 5.92 Å². The molecule has 1 aromatic rings. The van der Waals surface area contributed by atoms with Gasteiger partial charge in [0.25, 0.3) is 0 Å². The Hall–Kier alpha value is -2.18. The zero-order valence-electron chi connectivity index (χ0n) is 12.2. The lowest BCUT2D eigenvalue weighted by atomic mass is 10.1. The Kier molecular flexibility index (Phi) is 6.08. The Balaban J connectivity index is 3.08. The van der Waals surface area contributed by atoms with Gasteiger partial charge in [0.05, 0.1) is 30.3 Å². The maximum Gasteiger partial charge on any atom is 0.340 e. The average Bonchev–Trinajstić information content (AvgIpc) is 2.44. The van der Waals surface area contributed by atoms with Gasteiger partial charge in [-0.05, 0) is 12.3 Å². The van der Waals surface area contributed by atoms with Crippen molar-refractivity contribution >= 4 is 11.7 Å². The summed E-state index contributed by atoms with van der Waals surface area (Å²) < 4.78 is 23.5. The van der Waals surface area contributed by atoms with E-state index in [0.29, 0.717) is 6.07 Å². The molecule has 0 aromatic heterocycles. The summed E-state index contributed by atoms with van der Waals surface area (Å²) in [6.07, 6.45) is 1.86. The molecule has 0 amide bonds. The summed E-state index contributed by atoms with van der Waals surface area (Å²) in [5, 5.41) is 10.9. The second-order valence-electron chi connectivity index (χ2n) is 4.75. The standard InChI is InChI=1S/C14H18FNO5/c1-4-5-9(2)8-21-13-6-10(14(17)20-3)11(15)7-12(13)16(18)19/h6-7,9H,4-5,8H2,1-3H3. The quantitative estimate of drug-likeness (QED) is 0.438. The van der Waals surface area contributed by atoms with E-state index in [1.54, 1.807) is 0 Å². The van der Waals surface area contributed by atoms with Gasteiger partial charge in [0, 0.05) is 6.07 Å².